The van der Waals surface area contributed by atoms with Gasteiger partial charge in [0, 0.05) is 0 Å². The van der Waals surface area contributed by atoms with Gasteiger partial charge in [-0.25, -0.2) is 9.59 Å². The second-order valence-electron chi connectivity index (χ2n) is 2.83. The van der Waals surface area contributed by atoms with Crippen molar-refractivity contribution in [2.45, 2.75) is 5.41 Å². The average Bonchev–Trinajstić information content (AvgIpc) is 2.88. The molecule has 12 heteroatoms. The van der Waals surface area contributed by atoms with Crippen molar-refractivity contribution in [3.05, 3.63) is 11.6 Å². The smallest absolute Gasteiger partial charge is 0.337 e. The number of hydrogen-bond acceptors (Lipinski definition) is 8. The van der Waals surface area contributed by atoms with Crippen LogP contribution in [0.1, 0.15) is 11.6 Å². The summed E-state index contributed by atoms with van der Waals surface area (Å²) in [4.78, 5) is 22.5. The van der Waals surface area contributed by atoms with Crippen LogP contribution in [-0.2, 0) is 15.0 Å². The molecule has 12 nitrogen and oxygen atoms in total. The number of hydrogen-bond donors (Lipinski definition) is 4. The number of tetrazole rings is 2. The predicted molar refractivity (Wildman–Crippen MR) is 44.4 cm³/mol. The molecule has 0 unspecified atom stereocenters. The van der Waals surface area contributed by atoms with Crippen LogP contribution in [0.5, 0.6) is 0 Å². The van der Waals surface area contributed by atoms with E-state index >= 15 is 0 Å². The fourth-order valence-electron chi connectivity index (χ4n) is 1.22. The van der Waals surface area contributed by atoms with E-state index in [1.807, 2.05) is 10.4 Å². The summed E-state index contributed by atoms with van der Waals surface area (Å²) in [5, 5.41) is 41.8. The van der Waals surface area contributed by atoms with Crippen molar-refractivity contribution in [1.82, 2.24) is 41.2 Å². The van der Waals surface area contributed by atoms with Crippen molar-refractivity contribution in [1.29, 1.82) is 0 Å². The summed E-state index contributed by atoms with van der Waals surface area (Å²) in [6.07, 6.45) is 0. The van der Waals surface area contributed by atoms with Crippen molar-refractivity contribution in [2.75, 3.05) is 0 Å². The lowest BCUT2D eigenvalue weighted by molar-refractivity contribution is -0.155. The third-order valence-electron chi connectivity index (χ3n) is 2.00. The van der Waals surface area contributed by atoms with Gasteiger partial charge in [0.25, 0.3) is 5.41 Å². The minimum Gasteiger partial charge on any atom is -0.480 e. The molecule has 2 aromatic rings. The highest BCUT2D eigenvalue weighted by molar-refractivity contribution is 6.06. The molecule has 2 heterocycles. The third kappa shape index (κ3) is 1.30. The highest BCUT2D eigenvalue weighted by Gasteiger charge is 2.57. The van der Waals surface area contributed by atoms with E-state index in [-0.39, 0.29) is 0 Å². The summed E-state index contributed by atoms with van der Waals surface area (Å²) in [5.41, 5.74) is -2.65. The summed E-state index contributed by atoms with van der Waals surface area (Å²) < 4.78 is 0. The summed E-state index contributed by atoms with van der Waals surface area (Å²) in [6, 6.07) is 0. The fourth-order valence-corrected chi connectivity index (χ4v) is 1.22. The number of carboxylic acids is 2. The lowest BCUT2D eigenvalue weighted by Gasteiger charge is -2.16. The van der Waals surface area contributed by atoms with Gasteiger partial charge in [-0.2, -0.15) is 10.4 Å². The van der Waals surface area contributed by atoms with Gasteiger partial charge in [0.05, 0.1) is 0 Å². The van der Waals surface area contributed by atoms with Gasteiger partial charge < -0.3 is 10.2 Å². The minimum absolute atomic E-state index is 0.598. The Hall–Kier alpha value is -2.92. The van der Waals surface area contributed by atoms with E-state index in [4.69, 9.17) is 10.2 Å². The van der Waals surface area contributed by atoms with E-state index in [1.54, 1.807) is 0 Å². The van der Waals surface area contributed by atoms with Crippen molar-refractivity contribution in [2.24, 2.45) is 0 Å². The van der Waals surface area contributed by atoms with Gasteiger partial charge in [-0.1, -0.05) is 10.4 Å². The van der Waals surface area contributed by atoms with Crippen LogP contribution in [0.4, 0.5) is 0 Å². The molecule has 88 valence electrons. The molecule has 0 saturated carbocycles. The number of aliphatic carboxylic acids is 2. The first kappa shape index (κ1) is 10.6. The Labute approximate surface area is 91.0 Å². The number of nitrogens with one attached hydrogen (secondary N) is 2. The first-order valence-electron chi connectivity index (χ1n) is 4.04. The van der Waals surface area contributed by atoms with Gasteiger partial charge >= 0.3 is 11.9 Å². The molecular formula is C5H4N8O4. The monoisotopic (exact) mass is 240 g/mol. The molecule has 0 aliphatic heterocycles. The first-order chi connectivity index (χ1) is 8.10. The second-order valence-corrected chi connectivity index (χ2v) is 2.83. The molecule has 0 atom stereocenters. The molecule has 0 aromatic carbocycles. The highest BCUT2D eigenvalue weighted by atomic mass is 16.4. The summed E-state index contributed by atoms with van der Waals surface area (Å²) in [7, 11) is 0. The number of H-pyrrole nitrogens is 2. The molecule has 4 N–H and O–H groups in total. The van der Waals surface area contributed by atoms with E-state index in [2.05, 4.69) is 30.8 Å². The van der Waals surface area contributed by atoms with Crippen LogP contribution in [0.3, 0.4) is 0 Å². The molecule has 0 radical (unpaired) electrons. The zero-order valence-electron chi connectivity index (χ0n) is 7.89. The molecule has 0 saturated heterocycles. The van der Waals surface area contributed by atoms with Gasteiger partial charge in [0.2, 0.25) is 11.6 Å². The van der Waals surface area contributed by atoms with Crippen LogP contribution in [0.2, 0.25) is 0 Å². The normalized spacial score (nSPS) is 11.3. The Balaban J connectivity index is 2.73. The summed E-state index contributed by atoms with van der Waals surface area (Å²) in [6.45, 7) is 0. The molecule has 17 heavy (non-hydrogen) atoms. The van der Waals surface area contributed by atoms with Gasteiger partial charge in [-0.3, -0.25) is 0 Å². The fraction of sp³-hybridized carbons (Fsp3) is 0.200. The summed E-state index contributed by atoms with van der Waals surface area (Å²) >= 11 is 0. The second kappa shape index (κ2) is 3.58. The molecule has 0 fully saturated rings. The Kier molecular flexibility index (Phi) is 2.23. The van der Waals surface area contributed by atoms with Gasteiger partial charge in [-0.15, -0.1) is 20.4 Å². The molecule has 2 rings (SSSR count). The molecule has 0 aliphatic rings. The van der Waals surface area contributed by atoms with Crippen LogP contribution in [0, 0.1) is 0 Å². The van der Waals surface area contributed by atoms with Crippen molar-refractivity contribution >= 4 is 11.9 Å². The number of rotatable bonds is 4. The number of aromatic amines is 2. The van der Waals surface area contributed by atoms with Crippen LogP contribution < -0.4 is 0 Å². The Bertz CT molecular complexity index is 482. The van der Waals surface area contributed by atoms with Crippen LogP contribution in [0.15, 0.2) is 0 Å². The van der Waals surface area contributed by atoms with Crippen molar-refractivity contribution in [3.63, 3.8) is 0 Å². The topological polar surface area (TPSA) is 184 Å². The van der Waals surface area contributed by atoms with E-state index < -0.39 is 29.0 Å². The largest absolute Gasteiger partial charge is 0.480 e. The minimum atomic E-state index is -2.65. The predicted octanol–water partition coefficient (Wildman–Crippen LogP) is -2.83. The molecular weight excluding hydrogens is 236 g/mol. The van der Waals surface area contributed by atoms with E-state index in [9.17, 15) is 9.59 Å². The molecule has 0 bridgehead atoms. The lowest BCUT2D eigenvalue weighted by Crippen LogP contribution is -2.47. The van der Waals surface area contributed by atoms with Crippen LogP contribution in [-0.4, -0.2) is 63.4 Å². The van der Waals surface area contributed by atoms with E-state index in [0.717, 1.165) is 0 Å². The zero-order chi connectivity index (χ0) is 12.5. The van der Waals surface area contributed by atoms with Crippen molar-refractivity contribution in [3.8, 4) is 0 Å². The number of aromatic nitrogens is 8. The summed E-state index contributed by atoms with van der Waals surface area (Å²) in [5.74, 6) is -4.71. The lowest BCUT2D eigenvalue weighted by atomic mass is 9.86. The number of nitrogens with zero attached hydrogens (tertiary/aromatic N) is 6. The standard InChI is InChI=1S/C5H4N8O4/c14-3(15)5(4(16)17,1-6-10-11-7-1)2-8-12-13-9-2/h(H,14,15)(H,16,17)(H,6,7,10,11)(H,8,9,12,13). The maximum Gasteiger partial charge on any atom is 0.337 e. The van der Waals surface area contributed by atoms with Crippen molar-refractivity contribution < 1.29 is 19.8 Å². The molecule has 0 spiro atoms. The van der Waals surface area contributed by atoms with Gasteiger partial charge in [0.15, 0.2) is 0 Å². The number of carboxylic acid groups (broad SMARTS) is 2. The first-order valence-corrected chi connectivity index (χ1v) is 4.04. The molecule has 0 aliphatic carbocycles. The number of carbonyl (C=O) groups is 2. The highest BCUT2D eigenvalue weighted by Crippen LogP contribution is 2.26. The molecule has 2 aromatic heterocycles. The van der Waals surface area contributed by atoms with E-state index in [0.29, 0.717) is 0 Å². The SMILES string of the molecule is O=C(O)C(C(=O)O)(c1nn[nH]n1)c1nn[nH]n1. The zero-order valence-corrected chi connectivity index (χ0v) is 7.89. The van der Waals surface area contributed by atoms with Crippen LogP contribution in [0.25, 0.3) is 0 Å². The Morgan fingerprint density at radius 3 is 1.59 bits per heavy atom. The maximum atomic E-state index is 11.2. The molecule has 0 amide bonds. The van der Waals surface area contributed by atoms with Crippen LogP contribution >= 0.6 is 0 Å². The average molecular weight is 240 g/mol. The van der Waals surface area contributed by atoms with E-state index in [1.165, 1.54) is 0 Å². The Morgan fingerprint density at radius 1 is 0.941 bits per heavy atom. The third-order valence-corrected chi connectivity index (χ3v) is 2.00. The Morgan fingerprint density at radius 2 is 1.35 bits per heavy atom. The van der Waals surface area contributed by atoms with Gasteiger partial charge in [0.1, 0.15) is 0 Å². The maximum absolute atomic E-state index is 11.2. The quantitative estimate of drug-likeness (QED) is 0.406. The van der Waals surface area contributed by atoms with Gasteiger partial charge in [-0.05, 0) is 0 Å².